The van der Waals surface area contributed by atoms with Crippen LogP contribution in [-0.4, -0.2) is 107 Å². The van der Waals surface area contributed by atoms with Crippen LogP contribution in [0.2, 0.25) is 0 Å². The summed E-state index contributed by atoms with van der Waals surface area (Å²) in [5.74, 6) is -1.62. The van der Waals surface area contributed by atoms with Gasteiger partial charge in [-0.2, -0.15) is 0 Å². The van der Waals surface area contributed by atoms with E-state index >= 15 is 0 Å². The highest BCUT2D eigenvalue weighted by molar-refractivity contribution is 6.06. The summed E-state index contributed by atoms with van der Waals surface area (Å²) < 4.78 is 32.4. The predicted molar refractivity (Wildman–Crippen MR) is 220 cm³/mol. The molecule has 2 aromatic heterocycles. The normalized spacial score (nSPS) is 19.9. The van der Waals surface area contributed by atoms with Crippen molar-refractivity contribution in [1.82, 2.24) is 19.0 Å². The Bertz CT molecular complexity index is 2290. The number of benzene rings is 2. The number of nitrogens with zero attached hydrogens (tertiary/aromatic N) is 5. The molecule has 2 unspecified atom stereocenters. The Hall–Kier alpha value is -6.30. The number of fused-ring (bicyclic) bond motifs is 2. The molecule has 2 N–H and O–H groups in total. The minimum absolute atomic E-state index is 0.0443. The van der Waals surface area contributed by atoms with Gasteiger partial charge in [0.25, 0.3) is 17.7 Å². The summed E-state index contributed by atoms with van der Waals surface area (Å²) >= 11 is 0. The molecule has 0 radical (unpaired) electrons. The van der Waals surface area contributed by atoms with Crippen molar-refractivity contribution in [3.63, 3.8) is 0 Å². The first-order chi connectivity index (χ1) is 28.9. The number of ether oxygens (including phenoxy) is 5. The van der Waals surface area contributed by atoms with Crippen LogP contribution < -0.4 is 15.5 Å². The number of aryl methyl sites for hydroxylation is 4. The highest BCUT2D eigenvalue weighted by Gasteiger charge is 2.52. The van der Waals surface area contributed by atoms with Crippen LogP contribution in [0.5, 0.6) is 0 Å². The fourth-order valence-electron chi connectivity index (χ4n) is 7.74. The van der Waals surface area contributed by atoms with Gasteiger partial charge in [0, 0.05) is 50.9 Å². The number of hydrogen-bond donors (Lipinski definition) is 2. The summed E-state index contributed by atoms with van der Waals surface area (Å²) in [6.07, 6.45) is 4.27. The number of rotatable bonds is 12. The van der Waals surface area contributed by atoms with E-state index < -0.39 is 55.1 Å². The highest BCUT2D eigenvalue weighted by atomic mass is 16.7. The molecule has 3 aliphatic heterocycles. The van der Waals surface area contributed by atoms with E-state index in [-0.39, 0.29) is 30.7 Å². The summed E-state index contributed by atoms with van der Waals surface area (Å²) in [4.78, 5) is 74.3. The Morgan fingerprint density at radius 1 is 0.967 bits per heavy atom. The molecule has 3 aliphatic rings. The number of imidazole rings is 1. The van der Waals surface area contributed by atoms with E-state index in [0.717, 1.165) is 35.1 Å². The number of carbonyl (C=O) groups is 5. The molecule has 17 nitrogen and oxygen atoms in total. The molecule has 4 aromatic rings. The molecule has 5 heterocycles. The predicted octanol–water partition coefficient (Wildman–Crippen LogP) is 5.33. The summed E-state index contributed by atoms with van der Waals surface area (Å²) in [5.41, 5.74) is 4.97. The molecular weight excluding hydrogens is 775 g/mol. The molecule has 0 aliphatic carbocycles. The van der Waals surface area contributed by atoms with Crippen LogP contribution >= 0.6 is 0 Å². The standard InChI is InChI=1S/C43H49N7O10/c1-7-17-58-43(55)50-31-20-26(3)25(2)19-30(31)40(53)49-16-15-33(37(49)41(50)60-36-10-8-9-18-57-36)59-24-35(51)45-34-23-48(5)38(46-34)39(52)44-29-13-11-27(12-14-29)28-21-32(42(54)56-6)47(4)22-28/h7,11-14,19-23,33,36-37,41H,1,8-10,15-18,24H2,2-6H3,(H,44,52)(H,45,51)/t33-,36?,37-,41?/m0/s1. The maximum atomic E-state index is 14.3. The lowest BCUT2D eigenvalue weighted by atomic mass is 10.0. The van der Waals surface area contributed by atoms with Crippen LogP contribution in [0.25, 0.3) is 11.1 Å². The Kier molecular flexibility index (Phi) is 12.5. The van der Waals surface area contributed by atoms with Crippen molar-refractivity contribution < 1.29 is 47.7 Å². The number of esters is 1. The molecule has 2 aromatic carbocycles. The van der Waals surface area contributed by atoms with Crippen molar-refractivity contribution in [2.75, 3.05) is 49.0 Å². The second kappa shape index (κ2) is 17.9. The summed E-state index contributed by atoms with van der Waals surface area (Å²) in [6.45, 7) is 7.76. The van der Waals surface area contributed by atoms with Crippen LogP contribution in [0.15, 0.2) is 67.5 Å². The summed E-state index contributed by atoms with van der Waals surface area (Å²) in [7, 11) is 4.71. The molecule has 2 fully saturated rings. The minimum Gasteiger partial charge on any atom is -0.464 e. The SMILES string of the molecule is C=CCOC(=O)N1c2cc(C)c(C)cc2C(=O)N2CC[C@H](OCC(=O)Nc3cn(C)c(C(=O)Nc4ccc(-c5cc(C(=O)OC)n(C)c5)cc4)n3)[C@H]2C1OC1CCCCO1. The molecule has 316 valence electrons. The Morgan fingerprint density at radius 3 is 2.45 bits per heavy atom. The van der Waals surface area contributed by atoms with Gasteiger partial charge in [-0.1, -0.05) is 24.8 Å². The van der Waals surface area contributed by atoms with Crippen molar-refractivity contribution in [3.8, 4) is 11.1 Å². The first kappa shape index (κ1) is 41.8. The highest BCUT2D eigenvalue weighted by Crippen LogP contribution is 2.40. The largest absolute Gasteiger partial charge is 0.464 e. The van der Waals surface area contributed by atoms with Crippen LogP contribution in [0, 0.1) is 13.8 Å². The molecule has 4 atom stereocenters. The lowest BCUT2D eigenvalue weighted by Crippen LogP contribution is -2.57. The van der Waals surface area contributed by atoms with Crippen molar-refractivity contribution in [1.29, 1.82) is 0 Å². The molecule has 0 spiro atoms. The monoisotopic (exact) mass is 823 g/mol. The fourth-order valence-corrected chi connectivity index (χ4v) is 7.74. The maximum Gasteiger partial charge on any atom is 0.416 e. The molecule has 7 rings (SSSR count). The van der Waals surface area contributed by atoms with Crippen LogP contribution in [-0.2, 0) is 42.6 Å². The number of carbonyl (C=O) groups excluding carboxylic acids is 5. The third-order valence-electron chi connectivity index (χ3n) is 10.9. The number of aromatic nitrogens is 3. The molecular formula is C43H49N7O10. The third-order valence-corrected chi connectivity index (χ3v) is 10.9. The van der Waals surface area contributed by atoms with E-state index in [1.807, 2.05) is 32.2 Å². The molecule has 17 heteroatoms. The number of nitrogens with one attached hydrogen (secondary N) is 2. The summed E-state index contributed by atoms with van der Waals surface area (Å²) in [6, 6.07) is 11.5. The second-order valence-electron chi connectivity index (χ2n) is 15.0. The zero-order chi connectivity index (χ0) is 42.7. The lowest BCUT2D eigenvalue weighted by Gasteiger charge is -2.39. The maximum absolute atomic E-state index is 14.3. The van der Waals surface area contributed by atoms with Crippen LogP contribution in [0.3, 0.4) is 0 Å². The van der Waals surface area contributed by atoms with E-state index in [1.165, 1.54) is 28.8 Å². The average molecular weight is 824 g/mol. The number of hydrogen-bond acceptors (Lipinski definition) is 11. The quantitative estimate of drug-likeness (QED) is 0.139. The van der Waals surface area contributed by atoms with Gasteiger partial charge in [0.05, 0.1) is 24.5 Å². The van der Waals surface area contributed by atoms with Gasteiger partial charge in [0.15, 0.2) is 18.3 Å². The Morgan fingerprint density at radius 2 is 1.73 bits per heavy atom. The fraction of sp³-hybridized carbons (Fsp3) is 0.395. The van der Waals surface area contributed by atoms with Crippen LogP contribution in [0.1, 0.15) is 68.3 Å². The minimum atomic E-state index is -1.08. The van der Waals surface area contributed by atoms with E-state index in [4.69, 9.17) is 23.7 Å². The molecule has 0 bridgehead atoms. The van der Waals surface area contributed by atoms with Gasteiger partial charge in [-0.15, -0.1) is 0 Å². The molecule has 4 amide bonds. The second-order valence-corrected chi connectivity index (χ2v) is 15.0. The van der Waals surface area contributed by atoms with Gasteiger partial charge in [0.2, 0.25) is 5.82 Å². The summed E-state index contributed by atoms with van der Waals surface area (Å²) in [5, 5.41) is 5.52. The molecule has 0 saturated carbocycles. The molecule has 60 heavy (non-hydrogen) atoms. The van der Waals surface area contributed by atoms with Gasteiger partial charge < -0.3 is 48.4 Å². The topological polar surface area (TPSA) is 185 Å². The Labute approximate surface area is 347 Å². The molecule has 2 saturated heterocycles. The zero-order valence-corrected chi connectivity index (χ0v) is 34.3. The van der Waals surface area contributed by atoms with Gasteiger partial charge >= 0.3 is 12.1 Å². The number of methoxy groups -OCH3 is 1. The van der Waals surface area contributed by atoms with E-state index in [0.29, 0.717) is 42.1 Å². The zero-order valence-electron chi connectivity index (χ0n) is 34.3. The average Bonchev–Trinajstić information content (AvgIpc) is 3.94. The van der Waals surface area contributed by atoms with Gasteiger partial charge in [0.1, 0.15) is 24.9 Å². The van der Waals surface area contributed by atoms with E-state index in [1.54, 1.807) is 53.9 Å². The third kappa shape index (κ3) is 8.68. The first-order valence-corrected chi connectivity index (χ1v) is 19.7. The Balaban J connectivity index is 1.04. The van der Waals surface area contributed by atoms with Crippen molar-refractivity contribution >= 4 is 47.0 Å². The van der Waals surface area contributed by atoms with Crippen molar-refractivity contribution in [2.45, 2.75) is 64.2 Å². The van der Waals surface area contributed by atoms with E-state index in [2.05, 4.69) is 22.2 Å². The first-order valence-electron chi connectivity index (χ1n) is 19.7. The van der Waals surface area contributed by atoms with Crippen LogP contribution in [0.4, 0.5) is 22.0 Å². The number of amides is 4. The van der Waals surface area contributed by atoms with Gasteiger partial charge in [-0.3, -0.25) is 14.4 Å². The smallest absolute Gasteiger partial charge is 0.416 e. The lowest BCUT2D eigenvalue weighted by molar-refractivity contribution is -0.201. The number of anilines is 3. The van der Waals surface area contributed by atoms with Crippen molar-refractivity contribution in [2.24, 2.45) is 14.1 Å². The van der Waals surface area contributed by atoms with Gasteiger partial charge in [-0.25, -0.2) is 19.5 Å². The van der Waals surface area contributed by atoms with Crippen molar-refractivity contribution in [3.05, 3.63) is 95.7 Å². The van der Waals surface area contributed by atoms with E-state index in [9.17, 15) is 24.0 Å². The van der Waals surface area contributed by atoms with Gasteiger partial charge in [-0.05, 0) is 86.6 Å².